The molecule has 6 heteroatoms. The van der Waals surface area contributed by atoms with Crippen molar-refractivity contribution in [2.75, 3.05) is 0 Å². The molecular formula is C6H5BN2O3. The van der Waals surface area contributed by atoms with Gasteiger partial charge in [0.25, 0.3) is 5.91 Å². The summed E-state index contributed by atoms with van der Waals surface area (Å²) in [5.74, 6) is -1.76. The van der Waals surface area contributed by atoms with Crippen molar-refractivity contribution in [3.63, 3.8) is 0 Å². The van der Waals surface area contributed by atoms with Crippen molar-refractivity contribution in [2.24, 2.45) is 4.99 Å². The van der Waals surface area contributed by atoms with Crippen LogP contribution in [0.15, 0.2) is 16.6 Å². The molecular weight excluding hydrogens is 159 g/mol. The normalized spacial score (nSPS) is 21.6. The first-order valence-electron chi connectivity index (χ1n) is 3.21. The lowest BCUT2D eigenvalue weighted by atomic mass is 9.71. The van der Waals surface area contributed by atoms with E-state index in [4.69, 9.17) is 15.3 Å². The van der Waals surface area contributed by atoms with Crippen LogP contribution in [0.1, 0.15) is 0 Å². The van der Waals surface area contributed by atoms with E-state index in [1.807, 2.05) is 0 Å². The minimum atomic E-state index is -1.79. The van der Waals surface area contributed by atoms with Gasteiger partial charge in [-0.05, 0) is 0 Å². The molecule has 0 bridgehead atoms. The molecule has 0 aromatic carbocycles. The van der Waals surface area contributed by atoms with Gasteiger partial charge in [-0.15, -0.1) is 0 Å². The number of carbonyl (C=O) groups is 1. The molecule has 12 heavy (non-hydrogen) atoms. The van der Waals surface area contributed by atoms with Crippen LogP contribution in [0.3, 0.4) is 0 Å². The summed E-state index contributed by atoms with van der Waals surface area (Å²) in [5.41, 5.74) is 0.160. The number of amides is 1. The Bertz CT molecular complexity index is 302. The molecule has 1 unspecified atom stereocenters. The monoisotopic (exact) mass is 164 g/mol. The molecule has 5 nitrogen and oxygen atoms in total. The van der Waals surface area contributed by atoms with Crippen molar-refractivity contribution in [1.82, 2.24) is 0 Å². The lowest BCUT2D eigenvalue weighted by Crippen LogP contribution is -2.26. The topological polar surface area (TPSA) is 93.7 Å². The molecule has 1 aliphatic heterocycles. The molecule has 1 amide bonds. The summed E-state index contributed by atoms with van der Waals surface area (Å²) < 4.78 is 0. The third-order valence-corrected chi connectivity index (χ3v) is 1.43. The van der Waals surface area contributed by atoms with E-state index in [0.717, 1.165) is 6.21 Å². The highest BCUT2D eigenvalue weighted by molar-refractivity contribution is 6.50. The molecule has 1 rings (SSSR count). The van der Waals surface area contributed by atoms with Crippen LogP contribution in [-0.4, -0.2) is 29.3 Å². The maximum absolute atomic E-state index is 10.8. The quantitative estimate of drug-likeness (QED) is 0.480. The number of carbonyl (C=O) groups excluding carboxylic acids is 1. The van der Waals surface area contributed by atoms with E-state index < -0.39 is 18.8 Å². The zero-order valence-corrected chi connectivity index (χ0v) is 6.01. The third-order valence-electron chi connectivity index (χ3n) is 1.43. The number of allylic oxidation sites excluding steroid dienone is 1. The molecule has 60 valence electrons. The predicted molar refractivity (Wildman–Crippen MR) is 41.1 cm³/mol. The molecule has 0 aromatic heterocycles. The predicted octanol–water partition coefficient (Wildman–Crippen LogP) is -1.11. The third kappa shape index (κ3) is 1.58. The Hall–Kier alpha value is -1.45. The molecule has 0 aromatic rings. The largest absolute Gasteiger partial charge is 0.468 e. The maximum Gasteiger partial charge on any atom is 0.468 e. The number of nitrogens with zero attached hydrogens (tertiary/aromatic N) is 2. The fourth-order valence-corrected chi connectivity index (χ4v) is 0.807. The van der Waals surface area contributed by atoms with Crippen LogP contribution in [-0.2, 0) is 4.79 Å². The summed E-state index contributed by atoms with van der Waals surface area (Å²) in [5, 5.41) is 25.7. The van der Waals surface area contributed by atoms with Gasteiger partial charge in [-0.2, -0.15) is 5.26 Å². The fraction of sp³-hybridized carbons (Fsp3) is 0.167. The molecule has 2 N–H and O–H groups in total. The highest BCUT2D eigenvalue weighted by Crippen LogP contribution is 2.17. The Labute approximate surface area is 68.8 Å². The molecule has 0 spiro atoms. The number of hydrogen-bond donors (Lipinski definition) is 2. The van der Waals surface area contributed by atoms with E-state index in [0.29, 0.717) is 0 Å². The molecule has 0 radical (unpaired) electrons. The number of rotatable bonds is 1. The van der Waals surface area contributed by atoms with Gasteiger partial charge in [0.15, 0.2) is 0 Å². The smallest absolute Gasteiger partial charge is 0.426 e. The van der Waals surface area contributed by atoms with Gasteiger partial charge < -0.3 is 10.0 Å². The highest BCUT2D eigenvalue weighted by Gasteiger charge is 2.30. The summed E-state index contributed by atoms with van der Waals surface area (Å²) in [6.07, 6.45) is 2.28. The Morgan fingerprint density at radius 1 is 1.67 bits per heavy atom. The summed E-state index contributed by atoms with van der Waals surface area (Å²) in [4.78, 5) is 14.1. The maximum atomic E-state index is 10.8. The number of hydrogen-bond acceptors (Lipinski definition) is 4. The zero-order chi connectivity index (χ0) is 9.14. The molecule has 1 heterocycles. The van der Waals surface area contributed by atoms with Crippen molar-refractivity contribution in [1.29, 1.82) is 5.26 Å². The first-order valence-corrected chi connectivity index (χ1v) is 3.21. The summed E-state index contributed by atoms with van der Waals surface area (Å²) in [7, 11) is -1.79. The van der Waals surface area contributed by atoms with Crippen LogP contribution in [0, 0.1) is 11.3 Å². The number of aliphatic imine (C=N–C) groups is 1. The van der Waals surface area contributed by atoms with Gasteiger partial charge in [-0.1, -0.05) is 6.08 Å². The average Bonchev–Trinajstić information content (AvgIpc) is 2.05. The van der Waals surface area contributed by atoms with Crippen molar-refractivity contribution in [2.45, 2.75) is 5.82 Å². The van der Waals surface area contributed by atoms with Crippen LogP contribution in [0.25, 0.3) is 0 Å². The second-order valence-electron chi connectivity index (χ2n) is 2.27. The second-order valence-corrected chi connectivity index (χ2v) is 2.27. The van der Waals surface area contributed by atoms with Crippen LogP contribution in [0.4, 0.5) is 0 Å². The standard InChI is InChI=1S/C6H5BN2O3/c8-2-4-1-5(7(11)12)6(10)9-3-4/h1,3,5,11-12H. The van der Waals surface area contributed by atoms with Gasteiger partial charge in [-0.3, -0.25) is 4.79 Å². The number of nitriles is 1. The molecule has 0 fully saturated rings. The van der Waals surface area contributed by atoms with E-state index in [2.05, 4.69) is 4.99 Å². The minimum absolute atomic E-state index is 0.160. The van der Waals surface area contributed by atoms with Crippen LogP contribution in [0.2, 0.25) is 5.82 Å². The highest BCUT2D eigenvalue weighted by atomic mass is 16.4. The van der Waals surface area contributed by atoms with Crippen molar-refractivity contribution in [3.8, 4) is 6.07 Å². The Morgan fingerprint density at radius 3 is 2.83 bits per heavy atom. The lowest BCUT2D eigenvalue weighted by Gasteiger charge is -2.09. The molecule has 0 saturated heterocycles. The SMILES string of the molecule is N#CC1=CC(B(O)O)C(=O)N=C1. The summed E-state index contributed by atoms with van der Waals surface area (Å²) in [6.45, 7) is 0. The van der Waals surface area contributed by atoms with Crippen molar-refractivity contribution >= 4 is 19.2 Å². The summed E-state index contributed by atoms with van der Waals surface area (Å²) in [6, 6.07) is 1.75. The molecule has 1 atom stereocenters. The van der Waals surface area contributed by atoms with Gasteiger partial charge in [0.2, 0.25) is 0 Å². The van der Waals surface area contributed by atoms with E-state index in [1.54, 1.807) is 6.07 Å². The second kappa shape index (κ2) is 3.30. The van der Waals surface area contributed by atoms with E-state index in [9.17, 15) is 4.79 Å². The Balaban J connectivity index is 2.90. The lowest BCUT2D eigenvalue weighted by molar-refractivity contribution is -0.117. The Kier molecular flexibility index (Phi) is 2.38. The van der Waals surface area contributed by atoms with Crippen LogP contribution < -0.4 is 0 Å². The van der Waals surface area contributed by atoms with E-state index in [1.165, 1.54) is 6.08 Å². The molecule has 0 aliphatic carbocycles. The van der Waals surface area contributed by atoms with Gasteiger partial charge in [0.05, 0.1) is 11.4 Å². The Morgan fingerprint density at radius 2 is 2.33 bits per heavy atom. The summed E-state index contributed by atoms with van der Waals surface area (Å²) >= 11 is 0. The van der Waals surface area contributed by atoms with Gasteiger partial charge >= 0.3 is 7.12 Å². The molecule has 1 aliphatic rings. The zero-order valence-electron chi connectivity index (χ0n) is 6.01. The van der Waals surface area contributed by atoms with E-state index in [-0.39, 0.29) is 5.57 Å². The first-order chi connectivity index (χ1) is 5.65. The average molecular weight is 164 g/mol. The van der Waals surface area contributed by atoms with Crippen molar-refractivity contribution in [3.05, 3.63) is 11.6 Å². The van der Waals surface area contributed by atoms with Crippen molar-refractivity contribution < 1.29 is 14.8 Å². The first kappa shape index (κ1) is 8.65. The number of dihydropyridines is 1. The fourth-order valence-electron chi connectivity index (χ4n) is 0.807. The van der Waals surface area contributed by atoms with Gasteiger partial charge in [0.1, 0.15) is 6.07 Å². The van der Waals surface area contributed by atoms with Crippen LogP contribution >= 0.6 is 0 Å². The minimum Gasteiger partial charge on any atom is -0.426 e. The van der Waals surface area contributed by atoms with E-state index >= 15 is 0 Å². The molecule has 0 saturated carbocycles. The van der Waals surface area contributed by atoms with Gasteiger partial charge in [-0.25, -0.2) is 4.99 Å². The van der Waals surface area contributed by atoms with Gasteiger partial charge in [0, 0.05) is 6.21 Å². The van der Waals surface area contributed by atoms with Crippen LogP contribution in [0.5, 0.6) is 0 Å².